The van der Waals surface area contributed by atoms with Gasteiger partial charge in [0.05, 0.1) is 25.9 Å². The van der Waals surface area contributed by atoms with Crippen LogP contribution in [0.15, 0.2) is 60.7 Å². The van der Waals surface area contributed by atoms with Crippen LogP contribution in [0, 0.1) is 11.8 Å². The van der Waals surface area contributed by atoms with Crippen molar-refractivity contribution >= 4 is 33.9 Å². The zero-order chi connectivity index (χ0) is 34.7. The van der Waals surface area contributed by atoms with E-state index in [4.69, 9.17) is 18.5 Å². The Hall–Kier alpha value is -1.26. The van der Waals surface area contributed by atoms with Crippen LogP contribution in [0.3, 0.4) is 0 Å². The van der Waals surface area contributed by atoms with E-state index in [0.717, 1.165) is 32.2 Å². The third kappa shape index (κ3) is 8.73. The van der Waals surface area contributed by atoms with Gasteiger partial charge < -0.3 is 23.4 Å². The first kappa shape index (κ1) is 38.5. The minimum Gasteiger partial charge on any atom is -0.407 e. The molecule has 2 saturated heterocycles. The summed E-state index contributed by atoms with van der Waals surface area (Å²) in [6, 6.07) is 22.6. The lowest BCUT2D eigenvalue weighted by molar-refractivity contribution is 0.00578. The van der Waals surface area contributed by atoms with Crippen molar-refractivity contribution in [2.24, 2.45) is 11.8 Å². The van der Waals surface area contributed by atoms with Gasteiger partial charge in [-0.15, -0.1) is 0 Å². The molecule has 2 aliphatic rings. The van der Waals surface area contributed by atoms with Crippen LogP contribution < -0.4 is 10.4 Å². The molecule has 2 aromatic carbocycles. The lowest BCUT2D eigenvalue weighted by Gasteiger charge is -2.43. The molecular formula is C39H66BNO4Si2. The van der Waals surface area contributed by atoms with Gasteiger partial charge in [-0.3, -0.25) is 0 Å². The van der Waals surface area contributed by atoms with Crippen molar-refractivity contribution in [1.29, 1.82) is 0 Å². The fraction of sp³-hybridized carbons (Fsp3) is 0.692. The van der Waals surface area contributed by atoms with Crippen molar-refractivity contribution in [2.45, 2.75) is 129 Å². The number of benzene rings is 2. The molecule has 0 amide bonds. The van der Waals surface area contributed by atoms with Crippen molar-refractivity contribution in [1.82, 2.24) is 4.90 Å². The fourth-order valence-electron chi connectivity index (χ4n) is 8.29. The van der Waals surface area contributed by atoms with Crippen molar-refractivity contribution < 1.29 is 18.5 Å². The Labute approximate surface area is 290 Å². The van der Waals surface area contributed by atoms with Gasteiger partial charge in [-0.25, -0.2) is 0 Å². The maximum Gasteiger partial charge on any atom is 0.458 e. The highest BCUT2D eigenvalue weighted by molar-refractivity contribution is 6.99. The van der Waals surface area contributed by atoms with Crippen LogP contribution in [0.2, 0.25) is 23.6 Å². The van der Waals surface area contributed by atoms with E-state index in [1.807, 2.05) is 7.11 Å². The second kappa shape index (κ2) is 15.3. The molecule has 0 radical (unpaired) electrons. The Morgan fingerprint density at radius 2 is 1.40 bits per heavy atom. The first-order valence-corrected chi connectivity index (χ1v) is 23.5. The number of hydrogen-bond acceptors (Lipinski definition) is 5. The van der Waals surface area contributed by atoms with Gasteiger partial charge in [0.25, 0.3) is 8.32 Å². The Bertz CT molecular complexity index is 1200. The molecule has 0 unspecified atom stereocenters. The summed E-state index contributed by atoms with van der Waals surface area (Å²) in [6.45, 7) is 28.6. The molecule has 4 atom stereocenters. The second-order valence-electron chi connectivity index (χ2n) is 17.6. The quantitative estimate of drug-likeness (QED) is 0.179. The minimum atomic E-state index is -2.56. The summed E-state index contributed by atoms with van der Waals surface area (Å²) in [5.74, 6) is 0.956. The summed E-state index contributed by atoms with van der Waals surface area (Å²) >= 11 is 0. The van der Waals surface area contributed by atoms with E-state index in [1.54, 1.807) is 0 Å². The van der Waals surface area contributed by atoms with Crippen LogP contribution >= 0.6 is 0 Å². The predicted molar refractivity (Wildman–Crippen MR) is 205 cm³/mol. The number of rotatable bonds is 15. The van der Waals surface area contributed by atoms with Crippen molar-refractivity contribution in [3.8, 4) is 0 Å². The molecule has 2 fully saturated rings. The molecule has 47 heavy (non-hydrogen) atoms. The van der Waals surface area contributed by atoms with Crippen molar-refractivity contribution in [2.75, 3.05) is 33.0 Å². The molecule has 5 nitrogen and oxygen atoms in total. The summed E-state index contributed by atoms with van der Waals surface area (Å²) in [5, 5.41) is 2.68. The Balaban J connectivity index is 1.53. The smallest absolute Gasteiger partial charge is 0.407 e. The van der Waals surface area contributed by atoms with E-state index in [9.17, 15) is 0 Å². The Morgan fingerprint density at radius 3 is 1.89 bits per heavy atom. The minimum absolute atomic E-state index is 0.0191. The second-order valence-corrected chi connectivity index (χ2v) is 26.9. The average Bonchev–Trinajstić information content (AvgIpc) is 3.50. The molecule has 0 saturated carbocycles. The van der Waals surface area contributed by atoms with Crippen LogP contribution in [0.4, 0.5) is 0 Å². The van der Waals surface area contributed by atoms with Gasteiger partial charge in [0.15, 0.2) is 0 Å². The van der Waals surface area contributed by atoms with E-state index < -0.39 is 16.4 Å². The van der Waals surface area contributed by atoms with E-state index in [2.05, 4.69) is 141 Å². The Morgan fingerprint density at radius 1 is 0.872 bits per heavy atom. The third-order valence-electron chi connectivity index (χ3n) is 11.5. The van der Waals surface area contributed by atoms with Gasteiger partial charge in [0.1, 0.15) is 0 Å². The highest BCUT2D eigenvalue weighted by Crippen LogP contribution is 2.45. The molecular weight excluding hydrogens is 613 g/mol. The normalized spacial score (nSPS) is 22.4. The molecule has 8 heteroatoms. The van der Waals surface area contributed by atoms with E-state index in [1.165, 1.54) is 29.8 Å². The maximum absolute atomic E-state index is 7.36. The SMILES string of the molecule is COC[C@@H]1CCCN1C[Si](C)(C)[C@H](C[C@@H](C)C[C@@H](C)CO[Si](c1ccccc1)(c1ccccc1)C(C)(C)C)B1OC(C)(C)C(C)(C)O1. The molecule has 0 N–H and O–H groups in total. The maximum atomic E-state index is 7.36. The standard InChI is InChI=1S/C39H66BNO4Si2/c1-31(26-32(2)28-43-47(37(3,4)5,34-21-15-13-16-22-34)35-23-17-14-18-24-35)27-36(40-44-38(6,7)39(8,9)45-40)46(11,12)30-41-25-19-20-33(41)29-42-10/h13-18,21-24,31-33,36H,19-20,25-30H2,1-12H3/t31-,32+,33-,36+/m0/s1. The summed E-state index contributed by atoms with van der Waals surface area (Å²) in [5.41, 5.74) is -0.258. The predicted octanol–water partition coefficient (Wildman–Crippen LogP) is 7.98. The van der Waals surface area contributed by atoms with Gasteiger partial charge in [0.2, 0.25) is 0 Å². The zero-order valence-electron chi connectivity index (χ0n) is 31.9. The molecule has 2 aromatic rings. The fourth-order valence-corrected chi connectivity index (χ4v) is 16.6. The highest BCUT2D eigenvalue weighted by atomic mass is 28.4. The van der Waals surface area contributed by atoms with Crippen LogP contribution in [0.5, 0.6) is 0 Å². The van der Waals surface area contributed by atoms with Gasteiger partial charge in [-0.1, -0.05) is 115 Å². The summed E-state index contributed by atoms with van der Waals surface area (Å²) in [7, 11) is -2.73. The molecule has 0 spiro atoms. The molecule has 0 aliphatic carbocycles. The molecule has 4 rings (SSSR count). The van der Waals surface area contributed by atoms with Crippen LogP contribution in [0.25, 0.3) is 0 Å². The lowest BCUT2D eigenvalue weighted by atomic mass is 9.77. The Kier molecular flexibility index (Phi) is 12.6. The van der Waals surface area contributed by atoms with E-state index in [-0.39, 0.29) is 23.4 Å². The number of hydrogen-bond donors (Lipinski definition) is 0. The summed E-state index contributed by atoms with van der Waals surface area (Å²) in [6.07, 6.45) is 5.89. The molecule has 0 bridgehead atoms. The number of methoxy groups -OCH3 is 1. The average molecular weight is 680 g/mol. The largest absolute Gasteiger partial charge is 0.458 e. The van der Waals surface area contributed by atoms with Crippen LogP contribution in [-0.2, 0) is 18.5 Å². The van der Waals surface area contributed by atoms with Crippen LogP contribution in [-0.4, -0.2) is 78.7 Å². The molecule has 262 valence electrons. The van der Waals surface area contributed by atoms with Gasteiger partial charge in [-0.05, 0) is 92.4 Å². The lowest BCUT2D eigenvalue weighted by Crippen LogP contribution is -2.66. The van der Waals surface area contributed by atoms with Gasteiger partial charge in [0, 0.05) is 19.8 Å². The third-order valence-corrected chi connectivity index (χ3v) is 20.3. The van der Waals surface area contributed by atoms with Gasteiger partial charge in [-0.2, -0.15) is 0 Å². The summed E-state index contributed by atoms with van der Waals surface area (Å²) < 4.78 is 26.7. The highest BCUT2D eigenvalue weighted by Gasteiger charge is 2.57. The van der Waals surface area contributed by atoms with Crippen molar-refractivity contribution in [3.05, 3.63) is 60.7 Å². The first-order valence-electron chi connectivity index (χ1n) is 18.3. The number of ether oxygens (including phenoxy) is 1. The molecule has 2 heterocycles. The molecule has 0 aromatic heterocycles. The number of likely N-dealkylation sites (tertiary alicyclic amines) is 1. The van der Waals surface area contributed by atoms with E-state index >= 15 is 0 Å². The zero-order valence-corrected chi connectivity index (χ0v) is 33.9. The monoisotopic (exact) mass is 679 g/mol. The first-order chi connectivity index (χ1) is 21.9. The topological polar surface area (TPSA) is 40.2 Å². The summed E-state index contributed by atoms with van der Waals surface area (Å²) in [4.78, 5) is 2.72. The number of nitrogens with zero attached hydrogens (tertiary/aromatic N) is 1. The van der Waals surface area contributed by atoms with Crippen LogP contribution in [0.1, 0.15) is 88.0 Å². The molecule has 2 aliphatic heterocycles. The van der Waals surface area contributed by atoms with E-state index in [0.29, 0.717) is 23.3 Å². The van der Waals surface area contributed by atoms with Gasteiger partial charge >= 0.3 is 7.12 Å². The van der Waals surface area contributed by atoms with Crippen molar-refractivity contribution in [3.63, 3.8) is 0 Å².